The number of sulfonamides is 1. The van der Waals surface area contributed by atoms with Crippen molar-refractivity contribution in [1.29, 1.82) is 0 Å². The third-order valence-corrected chi connectivity index (χ3v) is 6.97. The lowest BCUT2D eigenvalue weighted by atomic mass is 10.0. The van der Waals surface area contributed by atoms with Gasteiger partial charge in [0.25, 0.3) is 10.0 Å². The highest BCUT2D eigenvalue weighted by molar-refractivity contribution is 7.93. The number of nitrogens with one attached hydrogen (secondary N) is 2. The molecule has 12 heteroatoms. The van der Waals surface area contributed by atoms with E-state index in [0.717, 1.165) is 12.8 Å². The molecular weight excluding hydrogens is 456 g/mol. The van der Waals surface area contributed by atoms with Gasteiger partial charge in [-0.1, -0.05) is 13.8 Å². The fourth-order valence-corrected chi connectivity index (χ4v) is 4.61. The van der Waals surface area contributed by atoms with Crippen molar-refractivity contribution in [3.63, 3.8) is 0 Å². The number of carbonyl (C=O) groups excluding carboxylic acids is 2. The second kappa shape index (κ2) is 12.5. The molecular formula is C20H28N4O6S2. The monoisotopic (exact) mass is 484 g/mol. The Balaban J connectivity index is 0.000000380. The van der Waals surface area contributed by atoms with Crippen LogP contribution >= 0.6 is 11.3 Å². The molecule has 176 valence electrons. The quantitative estimate of drug-likeness (QED) is 0.460. The summed E-state index contributed by atoms with van der Waals surface area (Å²) in [5.41, 5.74) is 0. The maximum Gasteiger partial charge on any atom is 0.309 e. The van der Waals surface area contributed by atoms with Gasteiger partial charge in [0.1, 0.15) is 10.7 Å². The molecule has 0 radical (unpaired) electrons. The number of pyridine rings is 1. The number of aromatic nitrogens is 2. The number of esters is 1. The number of rotatable bonds is 9. The van der Waals surface area contributed by atoms with Crippen LogP contribution in [0.15, 0.2) is 34.8 Å². The molecule has 1 aliphatic rings. The SMILES string of the molecule is CCC(CCO)C(=O)Nc1ccc(S(=O)(=O)Nc2nccs2)cn1.CCC1CCOC1=O. The van der Waals surface area contributed by atoms with Gasteiger partial charge in [-0.25, -0.2) is 18.4 Å². The minimum absolute atomic E-state index is 0.00694. The zero-order valence-electron chi connectivity index (χ0n) is 18.0. The molecule has 0 spiro atoms. The molecule has 32 heavy (non-hydrogen) atoms. The molecule has 0 bridgehead atoms. The van der Waals surface area contributed by atoms with Gasteiger partial charge < -0.3 is 15.2 Å². The normalized spacial score (nSPS) is 16.5. The summed E-state index contributed by atoms with van der Waals surface area (Å²) in [6.07, 6.45) is 5.48. The summed E-state index contributed by atoms with van der Waals surface area (Å²) < 4.78 is 31.4. The number of cyclic esters (lactones) is 1. The fourth-order valence-electron chi connectivity index (χ4n) is 2.87. The molecule has 1 saturated heterocycles. The maximum atomic E-state index is 12.2. The minimum Gasteiger partial charge on any atom is -0.465 e. The van der Waals surface area contributed by atoms with Crippen molar-refractivity contribution >= 4 is 44.2 Å². The first kappa shape index (κ1) is 25.7. The van der Waals surface area contributed by atoms with E-state index in [1.165, 1.54) is 35.9 Å². The van der Waals surface area contributed by atoms with Crippen molar-refractivity contribution in [2.75, 3.05) is 23.3 Å². The first-order valence-corrected chi connectivity index (χ1v) is 12.6. The molecule has 1 aliphatic heterocycles. The summed E-state index contributed by atoms with van der Waals surface area (Å²) in [5.74, 6) is -0.116. The van der Waals surface area contributed by atoms with Crippen molar-refractivity contribution in [2.45, 2.75) is 44.4 Å². The third kappa shape index (κ3) is 7.53. The molecule has 1 fully saturated rings. The molecule has 0 saturated carbocycles. The van der Waals surface area contributed by atoms with Gasteiger partial charge in [0, 0.05) is 30.3 Å². The highest BCUT2D eigenvalue weighted by atomic mass is 32.2. The molecule has 0 aromatic carbocycles. The molecule has 2 unspecified atom stereocenters. The first-order chi connectivity index (χ1) is 15.3. The summed E-state index contributed by atoms with van der Waals surface area (Å²) in [5, 5.41) is 13.5. The summed E-state index contributed by atoms with van der Waals surface area (Å²) in [7, 11) is -3.77. The van der Waals surface area contributed by atoms with Gasteiger partial charge >= 0.3 is 5.97 Å². The van der Waals surface area contributed by atoms with E-state index in [2.05, 4.69) is 20.0 Å². The largest absolute Gasteiger partial charge is 0.465 e. The summed E-state index contributed by atoms with van der Waals surface area (Å²) in [6, 6.07) is 2.77. The maximum absolute atomic E-state index is 12.2. The number of carbonyl (C=O) groups is 2. The Hall–Kier alpha value is -2.57. The van der Waals surface area contributed by atoms with Crippen molar-refractivity contribution in [3.05, 3.63) is 29.9 Å². The Bertz CT molecular complexity index is 964. The van der Waals surface area contributed by atoms with E-state index in [-0.39, 0.29) is 46.2 Å². The zero-order chi connectivity index (χ0) is 23.6. The number of hydrogen-bond acceptors (Lipinski definition) is 9. The van der Waals surface area contributed by atoms with Crippen molar-refractivity contribution in [3.8, 4) is 0 Å². The van der Waals surface area contributed by atoms with E-state index in [9.17, 15) is 18.0 Å². The van der Waals surface area contributed by atoms with E-state index < -0.39 is 10.0 Å². The number of aliphatic hydroxyl groups is 1. The molecule has 2 aromatic heterocycles. The van der Waals surface area contributed by atoms with Crippen molar-refractivity contribution in [2.24, 2.45) is 11.8 Å². The van der Waals surface area contributed by atoms with E-state index >= 15 is 0 Å². The van der Waals surface area contributed by atoms with Crippen LogP contribution in [-0.2, 0) is 24.3 Å². The third-order valence-electron chi connectivity index (χ3n) is 4.83. The van der Waals surface area contributed by atoms with Crippen LogP contribution in [0.4, 0.5) is 10.9 Å². The van der Waals surface area contributed by atoms with Gasteiger partial charge in [-0.15, -0.1) is 11.3 Å². The highest BCUT2D eigenvalue weighted by Gasteiger charge is 2.23. The predicted molar refractivity (Wildman–Crippen MR) is 121 cm³/mol. The standard InChI is InChI=1S/C14H18N4O4S2.C6H10O2/c1-2-10(5-7-19)13(20)17-12-4-3-11(9-16-12)24(21,22)18-14-15-6-8-23-14;1-2-5-3-4-8-6(5)7/h3-4,6,8-10,19H,2,5,7H2,1H3,(H,15,18)(H,16,17,20);5H,2-4H2,1H3. The van der Waals surface area contributed by atoms with Crippen LogP contribution in [-0.4, -0.2) is 48.6 Å². The van der Waals surface area contributed by atoms with Crippen LogP contribution in [0.3, 0.4) is 0 Å². The first-order valence-electron chi connectivity index (χ1n) is 10.3. The van der Waals surface area contributed by atoms with Gasteiger partial charge in [-0.05, 0) is 37.8 Å². The molecule has 3 heterocycles. The van der Waals surface area contributed by atoms with Crippen LogP contribution in [0, 0.1) is 11.8 Å². The number of hydrogen-bond donors (Lipinski definition) is 3. The summed E-state index contributed by atoms with van der Waals surface area (Å²) in [6.45, 7) is 4.43. The predicted octanol–water partition coefficient (Wildman–Crippen LogP) is 2.65. The number of thiazole rings is 1. The summed E-state index contributed by atoms with van der Waals surface area (Å²) >= 11 is 1.17. The van der Waals surface area contributed by atoms with Gasteiger partial charge in [-0.3, -0.25) is 14.3 Å². The van der Waals surface area contributed by atoms with Gasteiger partial charge in [0.2, 0.25) is 5.91 Å². The van der Waals surface area contributed by atoms with Crippen LogP contribution < -0.4 is 10.0 Å². The smallest absolute Gasteiger partial charge is 0.309 e. The molecule has 3 rings (SSSR count). The Kier molecular flexibility index (Phi) is 10.0. The minimum atomic E-state index is -3.77. The topological polar surface area (TPSA) is 148 Å². The lowest BCUT2D eigenvalue weighted by Crippen LogP contribution is -2.23. The average Bonchev–Trinajstić information content (AvgIpc) is 3.43. The molecule has 3 N–H and O–H groups in total. The number of aliphatic hydroxyl groups excluding tert-OH is 1. The van der Waals surface area contributed by atoms with Gasteiger partial charge in [-0.2, -0.15) is 0 Å². The van der Waals surface area contributed by atoms with E-state index in [1.54, 1.807) is 5.38 Å². The Morgan fingerprint density at radius 2 is 2.12 bits per heavy atom. The van der Waals surface area contributed by atoms with E-state index in [1.807, 2.05) is 13.8 Å². The number of anilines is 2. The number of amides is 1. The zero-order valence-corrected chi connectivity index (χ0v) is 19.6. The van der Waals surface area contributed by atoms with Crippen LogP contribution in [0.25, 0.3) is 0 Å². The molecule has 1 amide bonds. The Morgan fingerprint density at radius 3 is 2.59 bits per heavy atom. The van der Waals surface area contributed by atoms with Gasteiger partial charge in [0.15, 0.2) is 5.13 Å². The Labute approximate surface area is 191 Å². The number of nitrogens with zero attached hydrogens (tertiary/aromatic N) is 2. The molecule has 2 aromatic rings. The van der Waals surface area contributed by atoms with Crippen LogP contribution in [0.1, 0.15) is 39.5 Å². The number of ether oxygens (including phenoxy) is 1. The molecule has 0 aliphatic carbocycles. The van der Waals surface area contributed by atoms with Crippen LogP contribution in [0.5, 0.6) is 0 Å². The van der Waals surface area contributed by atoms with Crippen molar-refractivity contribution in [1.82, 2.24) is 9.97 Å². The van der Waals surface area contributed by atoms with Gasteiger partial charge in [0.05, 0.1) is 12.5 Å². The average molecular weight is 485 g/mol. The van der Waals surface area contributed by atoms with E-state index in [4.69, 9.17) is 9.84 Å². The lowest BCUT2D eigenvalue weighted by Gasteiger charge is -2.13. The highest BCUT2D eigenvalue weighted by Crippen LogP contribution is 2.19. The summed E-state index contributed by atoms with van der Waals surface area (Å²) in [4.78, 5) is 30.4. The van der Waals surface area contributed by atoms with Crippen molar-refractivity contribution < 1.29 is 27.9 Å². The second-order valence-corrected chi connectivity index (χ2v) is 9.57. The fraction of sp³-hybridized carbons (Fsp3) is 0.500. The lowest BCUT2D eigenvalue weighted by molar-refractivity contribution is -0.141. The Morgan fingerprint density at radius 1 is 1.34 bits per heavy atom. The molecule has 10 nitrogen and oxygen atoms in total. The van der Waals surface area contributed by atoms with E-state index in [0.29, 0.717) is 19.4 Å². The van der Waals surface area contributed by atoms with Crippen LogP contribution in [0.2, 0.25) is 0 Å². The molecule has 2 atom stereocenters. The second-order valence-electron chi connectivity index (χ2n) is 6.99.